The second-order valence-electron chi connectivity index (χ2n) is 4.75. The minimum atomic E-state index is -0.852. The minimum absolute atomic E-state index is 0.0621. The van der Waals surface area contributed by atoms with Crippen molar-refractivity contribution in [2.45, 2.75) is 32.0 Å². The maximum absolute atomic E-state index is 10.4. The van der Waals surface area contributed by atoms with E-state index < -0.39 is 12.2 Å². The highest BCUT2D eigenvalue weighted by molar-refractivity contribution is 5.66. The SMILES string of the molecule is O=C(O)CCCC(O)NCc1ccc(-c2nncnn2)cc1. The quantitative estimate of drug-likeness (QED) is 0.606. The van der Waals surface area contributed by atoms with Crippen molar-refractivity contribution in [2.75, 3.05) is 0 Å². The predicted octanol–water partition coefficient (Wildman–Crippen LogP) is 0.596. The number of carboxylic acid groups (broad SMARTS) is 1. The number of aliphatic carboxylic acids is 1. The number of rotatable bonds is 8. The third-order valence-electron chi connectivity index (χ3n) is 3.03. The lowest BCUT2D eigenvalue weighted by atomic mass is 10.1. The van der Waals surface area contributed by atoms with E-state index in [2.05, 4.69) is 25.7 Å². The van der Waals surface area contributed by atoms with E-state index in [0.29, 0.717) is 25.2 Å². The van der Waals surface area contributed by atoms with Gasteiger partial charge in [0, 0.05) is 18.5 Å². The van der Waals surface area contributed by atoms with Crippen molar-refractivity contribution in [2.24, 2.45) is 0 Å². The molecule has 0 saturated carbocycles. The van der Waals surface area contributed by atoms with E-state index in [4.69, 9.17) is 5.11 Å². The summed E-state index contributed by atoms with van der Waals surface area (Å²) >= 11 is 0. The van der Waals surface area contributed by atoms with E-state index in [-0.39, 0.29) is 6.42 Å². The largest absolute Gasteiger partial charge is 0.481 e. The van der Waals surface area contributed by atoms with Gasteiger partial charge in [-0.3, -0.25) is 10.1 Å². The molecule has 8 heteroatoms. The fourth-order valence-corrected chi connectivity index (χ4v) is 1.88. The second kappa shape index (κ2) is 8.11. The van der Waals surface area contributed by atoms with Gasteiger partial charge in [0.2, 0.25) is 5.82 Å². The minimum Gasteiger partial charge on any atom is -0.481 e. The van der Waals surface area contributed by atoms with Crippen LogP contribution in [0.3, 0.4) is 0 Å². The summed E-state index contributed by atoms with van der Waals surface area (Å²) in [6, 6.07) is 7.49. The average molecular weight is 303 g/mol. The number of nitrogens with one attached hydrogen (secondary N) is 1. The van der Waals surface area contributed by atoms with Crippen LogP contribution in [0.4, 0.5) is 0 Å². The lowest BCUT2D eigenvalue weighted by molar-refractivity contribution is -0.137. The van der Waals surface area contributed by atoms with Crippen LogP contribution in [0.25, 0.3) is 11.4 Å². The van der Waals surface area contributed by atoms with Gasteiger partial charge < -0.3 is 10.2 Å². The van der Waals surface area contributed by atoms with Gasteiger partial charge in [0.25, 0.3) is 0 Å². The summed E-state index contributed by atoms with van der Waals surface area (Å²) in [5, 5.41) is 36.3. The van der Waals surface area contributed by atoms with Gasteiger partial charge >= 0.3 is 5.97 Å². The van der Waals surface area contributed by atoms with Crippen LogP contribution in [0.1, 0.15) is 24.8 Å². The van der Waals surface area contributed by atoms with Gasteiger partial charge in [-0.05, 0) is 18.4 Å². The van der Waals surface area contributed by atoms with E-state index >= 15 is 0 Å². The lowest BCUT2D eigenvalue weighted by Crippen LogP contribution is -2.28. The standard InChI is InChI=1S/C14H17N5O3/c20-12(2-1-3-13(21)22)15-8-10-4-6-11(7-5-10)14-18-16-9-17-19-14/h4-7,9,12,15,20H,1-3,8H2,(H,21,22). The van der Waals surface area contributed by atoms with Crippen molar-refractivity contribution < 1.29 is 15.0 Å². The Kier molecular flexibility index (Phi) is 5.87. The molecule has 0 amide bonds. The molecule has 1 aromatic carbocycles. The molecule has 0 aliphatic heterocycles. The molecule has 0 aliphatic carbocycles. The van der Waals surface area contributed by atoms with Crippen molar-refractivity contribution in [1.82, 2.24) is 25.7 Å². The van der Waals surface area contributed by atoms with Gasteiger partial charge in [-0.25, -0.2) is 0 Å². The zero-order valence-corrected chi connectivity index (χ0v) is 11.9. The number of nitrogens with zero attached hydrogens (tertiary/aromatic N) is 4. The number of hydrogen-bond donors (Lipinski definition) is 3. The Balaban J connectivity index is 1.80. The van der Waals surface area contributed by atoms with Crippen LogP contribution in [-0.4, -0.2) is 42.8 Å². The maximum atomic E-state index is 10.4. The Hall–Kier alpha value is -2.45. The van der Waals surface area contributed by atoms with Crippen LogP contribution >= 0.6 is 0 Å². The molecule has 0 aliphatic rings. The first-order valence-corrected chi connectivity index (χ1v) is 6.88. The summed E-state index contributed by atoms with van der Waals surface area (Å²) in [5.74, 6) is -0.398. The number of carbonyl (C=O) groups is 1. The number of aliphatic hydroxyl groups is 1. The van der Waals surface area contributed by atoms with Crippen LogP contribution in [0.2, 0.25) is 0 Å². The molecule has 22 heavy (non-hydrogen) atoms. The second-order valence-corrected chi connectivity index (χ2v) is 4.75. The smallest absolute Gasteiger partial charge is 0.303 e. The molecule has 1 atom stereocenters. The molecule has 0 radical (unpaired) electrons. The van der Waals surface area contributed by atoms with Crippen molar-refractivity contribution in [3.05, 3.63) is 36.2 Å². The predicted molar refractivity (Wildman–Crippen MR) is 77.4 cm³/mol. The van der Waals surface area contributed by atoms with Gasteiger partial charge in [0.1, 0.15) is 6.23 Å². The van der Waals surface area contributed by atoms with Gasteiger partial charge in [-0.1, -0.05) is 24.3 Å². The molecule has 3 N–H and O–H groups in total. The number of aromatic nitrogens is 4. The van der Waals surface area contributed by atoms with Gasteiger partial charge in [0.15, 0.2) is 6.33 Å². The zero-order valence-electron chi connectivity index (χ0n) is 11.9. The average Bonchev–Trinajstić information content (AvgIpc) is 2.54. The lowest BCUT2D eigenvalue weighted by Gasteiger charge is -2.12. The summed E-state index contributed by atoms with van der Waals surface area (Å²) < 4.78 is 0. The molecular weight excluding hydrogens is 286 g/mol. The molecule has 2 aromatic rings. The summed E-state index contributed by atoms with van der Waals surface area (Å²) in [6.07, 6.45) is 1.46. The Labute approximate surface area is 127 Å². The van der Waals surface area contributed by atoms with E-state index in [9.17, 15) is 9.90 Å². The van der Waals surface area contributed by atoms with Crippen molar-refractivity contribution >= 4 is 5.97 Å². The zero-order chi connectivity index (χ0) is 15.8. The summed E-state index contributed by atoms with van der Waals surface area (Å²) in [5.41, 5.74) is 1.80. The maximum Gasteiger partial charge on any atom is 0.303 e. The van der Waals surface area contributed by atoms with Crippen molar-refractivity contribution in [1.29, 1.82) is 0 Å². The molecule has 8 nitrogen and oxygen atoms in total. The van der Waals surface area contributed by atoms with Crippen LogP contribution in [-0.2, 0) is 11.3 Å². The number of benzene rings is 1. The van der Waals surface area contributed by atoms with Gasteiger partial charge in [0.05, 0.1) is 0 Å². The van der Waals surface area contributed by atoms with Crippen LogP contribution < -0.4 is 5.32 Å². The summed E-state index contributed by atoms with van der Waals surface area (Å²) in [7, 11) is 0. The molecule has 0 fully saturated rings. The van der Waals surface area contributed by atoms with Gasteiger partial charge in [-0.2, -0.15) is 0 Å². The molecule has 0 spiro atoms. The highest BCUT2D eigenvalue weighted by atomic mass is 16.4. The molecule has 116 valence electrons. The van der Waals surface area contributed by atoms with Crippen LogP contribution in [0, 0.1) is 0 Å². The molecule has 0 saturated heterocycles. The first kappa shape index (κ1) is 15.9. The van der Waals surface area contributed by atoms with E-state index in [1.54, 1.807) is 0 Å². The topological polar surface area (TPSA) is 121 Å². The highest BCUT2D eigenvalue weighted by Crippen LogP contribution is 2.13. The fraction of sp³-hybridized carbons (Fsp3) is 0.357. The van der Waals surface area contributed by atoms with Crippen molar-refractivity contribution in [3.8, 4) is 11.4 Å². The Morgan fingerprint density at radius 1 is 1.18 bits per heavy atom. The summed E-state index contributed by atoms with van der Waals surface area (Å²) in [6.45, 7) is 0.487. The normalized spacial score (nSPS) is 12.0. The molecule has 1 heterocycles. The first-order valence-electron chi connectivity index (χ1n) is 6.88. The Morgan fingerprint density at radius 3 is 2.50 bits per heavy atom. The molecule has 1 aromatic heterocycles. The number of aliphatic hydroxyl groups excluding tert-OH is 1. The van der Waals surface area contributed by atoms with E-state index in [0.717, 1.165) is 11.1 Å². The highest BCUT2D eigenvalue weighted by Gasteiger charge is 2.06. The van der Waals surface area contributed by atoms with Crippen LogP contribution in [0.15, 0.2) is 30.6 Å². The third-order valence-corrected chi connectivity index (χ3v) is 3.03. The Bertz CT molecular complexity index is 591. The molecule has 2 rings (SSSR count). The number of hydrogen-bond acceptors (Lipinski definition) is 7. The molecule has 1 unspecified atom stereocenters. The van der Waals surface area contributed by atoms with E-state index in [1.807, 2.05) is 24.3 Å². The summed E-state index contributed by atoms with van der Waals surface area (Å²) in [4.78, 5) is 10.4. The molecular formula is C14H17N5O3. The van der Waals surface area contributed by atoms with Crippen molar-refractivity contribution in [3.63, 3.8) is 0 Å². The third kappa shape index (κ3) is 5.15. The number of carboxylic acids is 1. The Morgan fingerprint density at radius 2 is 1.86 bits per heavy atom. The van der Waals surface area contributed by atoms with Gasteiger partial charge in [-0.15, -0.1) is 20.4 Å². The molecule has 0 bridgehead atoms. The monoisotopic (exact) mass is 303 g/mol. The van der Waals surface area contributed by atoms with E-state index in [1.165, 1.54) is 6.33 Å². The van der Waals surface area contributed by atoms with Crippen LogP contribution in [0.5, 0.6) is 0 Å². The fourth-order valence-electron chi connectivity index (χ4n) is 1.88. The first-order chi connectivity index (χ1) is 10.6.